The van der Waals surface area contributed by atoms with Crippen LogP contribution in [0.4, 0.5) is 0 Å². The van der Waals surface area contributed by atoms with Gasteiger partial charge in [-0.05, 0) is 37.0 Å². The van der Waals surface area contributed by atoms with Gasteiger partial charge in [0.15, 0.2) is 0 Å². The second-order valence-electron chi connectivity index (χ2n) is 5.13. The van der Waals surface area contributed by atoms with E-state index in [0.717, 1.165) is 22.7 Å². The minimum absolute atomic E-state index is 0.00302. The number of nitrogens with zero attached hydrogens (tertiary/aromatic N) is 1. The predicted molar refractivity (Wildman–Crippen MR) is 80.0 cm³/mol. The van der Waals surface area contributed by atoms with E-state index < -0.39 is 22.0 Å². The van der Waals surface area contributed by atoms with Crippen molar-refractivity contribution in [2.75, 3.05) is 6.54 Å². The van der Waals surface area contributed by atoms with Crippen LogP contribution in [0.25, 0.3) is 0 Å². The number of aryl methyl sites for hydroxylation is 1. The smallest absolute Gasteiger partial charge is 0.322 e. The van der Waals surface area contributed by atoms with Crippen LogP contribution in [0.5, 0.6) is 0 Å². The van der Waals surface area contributed by atoms with Gasteiger partial charge in [-0.15, -0.1) is 0 Å². The van der Waals surface area contributed by atoms with Crippen LogP contribution in [0.1, 0.15) is 31.7 Å². The van der Waals surface area contributed by atoms with Crippen molar-refractivity contribution in [1.29, 1.82) is 0 Å². The summed E-state index contributed by atoms with van der Waals surface area (Å²) in [5.74, 6) is -1.11. The normalized spacial score (nSPS) is 19.8. The second-order valence-corrected chi connectivity index (χ2v) is 7.39. The fraction of sp³-hybridized carbons (Fsp3) is 0.500. The minimum Gasteiger partial charge on any atom is -0.480 e. The van der Waals surface area contributed by atoms with Crippen LogP contribution < -0.4 is 0 Å². The summed E-state index contributed by atoms with van der Waals surface area (Å²) in [6.45, 7) is 2.22. The largest absolute Gasteiger partial charge is 0.480 e. The number of carboxylic acid groups (broad SMARTS) is 1. The lowest BCUT2D eigenvalue weighted by atomic mass is 10.1. The fourth-order valence-electron chi connectivity index (χ4n) is 2.59. The molecule has 1 aromatic carbocycles. The summed E-state index contributed by atoms with van der Waals surface area (Å²) < 4.78 is 26.5. The molecular formula is C14H18ClNO4S. The molecule has 0 spiro atoms. The average Bonchev–Trinajstić information content (AvgIpc) is 2.91. The van der Waals surface area contributed by atoms with Gasteiger partial charge >= 0.3 is 5.97 Å². The molecule has 2 rings (SSSR count). The van der Waals surface area contributed by atoms with E-state index in [-0.39, 0.29) is 16.5 Å². The predicted octanol–water partition coefficient (Wildman–Crippen LogP) is 2.53. The van der Waals surface area contributed by atoms with Crippen LogP contribution in [-0.2, 0) is 21.2 Å². The summed E-state index contributed by atoms with van der Waals surface area (Å²) in [7, 11) is -3.88. The lowest BCUT2D eigenvalue weighted by Gasteiger charge is -2.22. The molecule has 1 N–H and O–H groups in total. The molecule has 0 saturated carbocycles. The van der Waals surface area contributed by atoms with Crippen molar-refractivity contribution in [3.63, 3.8) is 0 Å². The van der Waals surface area contributed by atoms with Crippen LogP contribution in [0.15, 0.2) is 23.1 Å². The van der Waals surface area contributed by atoms with Gasteiger partial charge in [-0.1, -0.05) is 31.0 Å². The van der Waals surface area contributed by atoms with E-state index in [0.29, 0.717) is 12.8 Å². The third-order valence-corrected chi connectivity index (χ3v) is 6.00. The first kappa shape index (κ1) is 16.3. The fourth-order valence-corrected chi connectivity index (χ4v) is 4.77. The quantitative estimate of drug-likeness (QED) is 0.899. The standard InChI is InChI=1S/C14H18ClNO4S/c1-2-4-10-6-7-11(15)13(9-10)21(19,20)16-8-3-5-12(16)14(17)18/h6-7,9,12H,2-5,8H2,1H3,(H,17,18)/t12-/m0/s1. The molecule has 1 aromatic rings. The van der Waals surface area contributed by atoms with Gasteiger partial charge in [0, 0.05) is 6.54 Å². The molecule has 116 valence electrons. The van der Waals surface area contributed by atoms with Gasteiger partial charge in [-0.2, -0.15) is 4.31 Å². The maximum atomic E-state index is 12.7. The number of sulfonamides is 1. The zero-order valence-electron chi connectivity index (χ0n) is 11.8. The molecular weight excluding hydrogens is 314 g/mol. The van der Waals surface area contributed by atoms with Crippen LogP contribution in [-0.4, -0.2) is 36.4 Å². The van der Waals surface area contributed by atoms with E-state index in [1.165, 1.54) is 0 Å². The number of aliphatic carboxylic acids is 1. The lowest BCUT2D eigenvalue weighted by Crippen LogP contribution is -2.40. The number of halogens is 1. The summed E-state index contributed by atoms with van der Waals surface area (Å²) in [4.78, 5) is 11.2. The topological polar surface area (TPSA) is 74.7 Å². The zero-order chi connectivity index (χ0) is 15.6. The number of rotatable bonds is 5. The van der Waals surface area contributed by atoms with Crippen LogP contribution in [0, 0.1) is 0 Å². The van der Waals surface area contributed by atoms with Crippen LogP contribution in [0.2, 0.25) is 5.02 Å². The summed E-state index contributed by atoms with van der Waals surface area (Å²) in [5.41, 5.74) is 0.881. The van der Waals surface area contributed by atoms with E-state index in [1.807, 2.05) is 6.92 Å². The molecule has 1 saturated heterocycles. The van der Waals surface area contributed by atoms with Crippen molar-refractivity contribution < 1.29 is 18.3 Å². The summed E-state index contributed by atoms with van der Waals surface area (Å²) in [6.07, 6.45) is 2.52. The van der Waals surface area contributed by atoms with Gasteiger partial charge in [0.2, 0.25) is 10.0 Å². The Morgan fingerprint density at radius 2 is 2.19 bits per heavy atom. The van der Waals surface area contributed by atoms with E-state index in [1.54, 1.807) is 18.2 Å². The molecule has 1 atom stereocenters. The van der Waals surface area contributed by atoms with Crippen molar-refractivity contribution in [3.05, 3.63) is 28.8 Å². The Kier molecular flexibility index (Phi) is 4.91. The molecule has 1 heterocycles. The second kappa shape index (κ2) is 6.34. The molecule has 1 fully saturated rings. The number of carbonyl (C=O) groups is 1. The zero-order valence-corrected chi connectivity index (χ0v) is 13.3. The van der Waals surface area contributed by atoms with Crippen molar-refractivity contribution in [1.82, 2.24) is 4.31 Å². The summed E-state index contributed by atoms with van der Waals surface area (Å²) >= 11 is 6.03. The third-order valence-electron chi connectivity index (χ3n) is 3.61. The molecule has 0 bridgehead atoms. The highest BCUT2D eigenvalue weighted by Gasteiger charge is 2.40. The Morgan fingerprint density at radius 1 is 1.48 bits per heavy atom. The molecule has 0 aliphatic carbocycles. The third kappa shape index (κ3) is 3.22. The summed E-state index contributed by atoms with van der Waals surface area (Å²) in [5, 5.41) is 9.29. The number of hydrogen-bond donors (Lipinski definition) is 1. The molecule has 0 aromatic heterocycles. The molecule has 7 heteroatoms. The number of benzene rings is 1. The van der Waals surface area contributed by atoms with E-state index >= 15 is 0 Å². The molecule has 0 radical (unpaired) electrons. The first-order valence-electron chi connectivity index (χ1n) is 6.91. The maximum absolute atomic E-state index is 12.7. The number of carboxylic acids is 1. The van der Waals surface area contributed by atoms with Crippen molar-refractivity contribution >= 4 is 27.6 Å². The number of hydrogen-bond acceptors (Lipinski definition) is 3. The molecule has 0 amide bonds. The highest BCUT2D eigenvalue weighted by atomic mass is 35.5. The first-order valence-corrected chi connectivity index (χ1v) is 8.72. The van der Waals surface area contributed by atoms with Gasteiger partial charge in [0.25, 0.3) is 0 Å². The van der Waals surface area contributed by atoms with E-state index in [2.05, 4.69) is 0 Å². The Balaban J connectivity index is 2.44. The molecule has 0 unspecified atom stereocenters. The summed E-state index contributed by atoms with van der Waals surface area (Å²) in [6, 6.07) is 3.91. The Hall–Kier alpha value is -1.11. The average molecular weight is 332 g/mol. The van der Waals surface area contributed by atoms with Crippen LogP contribution in [0.3, 0.4) is 0 Å². The van der Waals surface area contributed by atoms with Gasteiger partial charge in [-0.25, -0.2) is 8.42 Å². The van der Waals surface area contributed by atoms with Crippen molar-refractivity contribution in [2.45, 2.75) is 43.5 Å². The molecule has 1 aliphatic rings. The Labute approximate surface area is 129 Å². The lowest BCUT2D eigenvalue weighted by molar-refractivity contribution is -0.140. The van der Waals surface area contributed by atoms with Gasteiger partial charge in [0.05, 0.1) is 5.02 Å². The first-order chi connectivity index (χ1) is 9.87. The Bertz CT molecular complexity index is 644. The highest BCUT2D eigenvalue weighted by Crippen LogP contribution is 2.31. The van der Waals surface area contributed by atoms with Gasteiger partial charge in [-0.3, -0.25) is 4.79 Å². The Morgan fingerprint density at radius 3 is 2.81 bits per heavy atom. The molecule has 5 nitrogen and oxygen atoms in total. The van der Waals surface area contributed by atoms with Crippen molar-refractivity contribution in [3.8, 4) is 0 Å². The van der Waals surface area contributed by atoms with Gasteiger partial charge < -0.3 is 5.11 Å². The van der Waals surface area contributed by atoms with E-state index in [9.17, 15) is 13.2 Å². The van der Waals surface area contributed by atoms with Gasteiger partial charge in [0.1, 0.15) is 10.9 Å². The SMILES string of the molecule is CCCc1ccc(Cl)c(S(=O)(=O)N2CCC[C@H]2C(=O)O)c1. The van der Waals surface area contributed by atoms with E-state index in [4.69, 9.17) is 16.7 Å². The highest BCUT2D eigenvalue weighted by molar-refractivity contribution is 7.89. The molecule has 21 heavy (non-hydrogen) atoms. The maximum Gasteiger partial charge on any atom is 0.322 e. The molecule has 1 aliphatic heterocycles. The van der Waals surface area contributed by atoms with Crippen LogP contribution >= 0.6 is 11.6 Å². The van der Waals surface area contributed by atoms with Crippen molar-refractivity contribution in [2.24, 2.45) is 0 Å². The monoisotopic (exact) mass is 331 g/mol. The minimum atomic E-state index is -3.88.